The zero-order valence-corrected chi connectivity index (χ0v) is 17.4. The third kappa shape index (κ3) is 4.01. The van der Waals surface area contributed by atoms with E-state index in [2.05, 4.69) is 49.4 Å². The summed E-state index contributed by atoms with van der Waals surface area (Å²) < 4.78 is 0. The van der Waals surface area contributed by atoms with Gasteiger partial charge in [-0.3, -0.25) is 4.79 Å². The largest absolute Gasteiger partial charge is 0.343 e. The standard InChI is InChI=1S/C26H33NO/c1-3-26(28)27-16-14-21(15-17-27)19(2)20-8-10-23(11-9-20)25-13-12-22-6-4-5-7-24(22)18-25/h8-13,18-19,21H,3-7,14-17H2,1-2H3. The first-order chi connectivity index (χ1) is 13.7. The summed E-state index contributed by atoms with van der Waals surface area (Å²) in [5, 5.41) is 0. The van der Waals surface area contributed by atoms with Gasteiger partial charge in [0.25, 0.3) is 0 Å². The molecule has 4 rings (SSSR count). The minimum Gasteiger partial charge on any atom is -0.343 e. The fourth-order valence-electron chi connectivity index (χ4n) is 5.04. The number of benzene rings is 2. The van der Waals surface area contributed by atoms with Crippen LogP contribution >= 0.6 is 0 Å². The molecule has 148 valence electrons. The summed E-state index contributed by atoms with van der Waals surface area (Å²) in [5.74, 6) is 1.53. The molecule has 28 heavy (non-hydrogen) atoms. The average Bonchev–Trinajstić information content (AvgIpc) is 2.78. The van der Waals surface area contributed by atoms with Crippen molar-refractivity contribution in [3.63, 3.8) is 0 Å². The van der Waals surface area contributed by atoms with Crippen LogP contribution in [0.25, 0.3) is 11.1 Å². The van der Waals surface area contributed by atoms with E-state index in [1.807, 2.05) is 11.8 Å². The first kappa shape index (κ1) is 19.2. The number of nitrogens with zero attached hydrogens (tertiary/aromatic N) is 1. The van der Waals surface area contributed by atoms with Gasteiger partial charge in [0.2, 0.25) is 5.91 Å². The molecule has 0 saturated carbocycles. The summed E-state index contributed by atoms with van der Waals surface area (Å²) in [6.07, 6.45) is 8.02. The first-order valence-electron chi connectivity index (χ1n) is 11.2. The number of aryl methyl sites for hydroxylation is 2. The molecular formula is C26H33NO. The highest BCUT2D eigenvalue weighted by atomic mass is 16.2. The lowest BCUT2D eigenvalue weighted by molar-refractivity contribution is -0.132. The maximum atomic E-state index is 11.9. The zero-order valence-electron chi connectivity index (χ0n) is 17.4. The minimum atomic E-state index is 0.306. The van der Waals surface area contributed by atoms with Gasteiger partial charge in [0.05, 0.1) is 0 Å². The van der Waals surface area contributed by atoms with Crippen molar-refractivity contribution < 1.29 is 4.79 Å². The Morgan fingerprint density at radius 1 is 0.964 bits per heavy atom. The molecule has 1 aliphatic heterocycles. The molecule has 1 heterocycles. The molecule has 2 aromatic carbocycles. The lowest BCUT2D eigenvalue weighted by Crippen LogP contribution is -2.39. The molecule has 2 nitrogen and oxygen atoms in total. The van der Waals surface area contributed by atoms with Gasteiger partial charge < -0.3 is 4.90 Å². The Balaban J connectivity index is 1.43. The summed E-state index contributed by atoms with van der Waals surface area (Å²) >= 11 is 0. The second-order valence-electron chi connectivity index (χ2n) is 8.67. The minimum absolute atomic E-state index is 0.306. The van der Waals surface area contributed by atoms with Gasteiger partial charge in [0, 0.05) is 19.5 Å². The number of fused-ring (bicyclic) bond motifs is 1. The number of rotatable bonds is 4. The van der Waals surface area contributed by atoms with E-state index < -0.39 is 0 Å². The topological polar surface area (TPSA) is 20.3 Å². The molecule has 1 amide bonds. The number of amides is 1. The lowest BCUT2D eigenvalue weighted by Gasteiger charge is -2.35. The number of likely N-dealkylation sites (tertiary alicyclic amines) is 1. The van der Waals surface area contributed by atoms with E-state index in [0.29, 0.717) is 24.2 Å². The predicted octanol–water partition coefficient (Wildman–Crippen LogP) is 5.98. The van der Waals surface area contributed by atoms with Gasteiger partial charge in [0.1, 0.15) is 0 Å². The van der Waals surface area contributed by atoms with Crippen LogP contribution < -0.4 is 0 Å². The van der Waals surface area contributed by atoms with E-state index in [9.17, 15) is 4.79 Å². The maximum Gasteiger partial charge on any atom is 0.222 e. The van der Waals surface area contributed by atoms with Crippen LogP contribution in [0, 0.1) is 5.92 Å². The normalized spacial score (nSPS) is 18.6. The van der Waals surface area contributed by atoms with Crippen molar-refractivity contribution in [1.82, 2.24) is 4.90 Å². The van der Waals surface area contributed by atoms with E-state index in [1.54, 1.807) is 11.1 Å². The Morgan fingerprint density at radius 3 is 2.29 bits per heavy atom. The van der Waals surface area contributed by atoms with Crippen LogP contribution in [0.3, 0.4) is 0 Å². The van der Waals surface area contributed by atoms with E-state index in [-0.39, 0.29) is 0 Å². The lowest BCUT2D eigenvalue weighted by atomic mass is 9.81. The number of carbonyl (C=O) groups excluding carboxylic acids is 1. The fourth-order valence-corrected chi connectivity index (χ4v) is 5.04. The van der Waals surface area contributed by atoms with E-state index in [4.69, 9.17) is 0 Å². The first-order valence-corrected chi connectivity index (χ1v) is 11.2. The molecule has 2 heteroatoms. The summed E-state index contributed by atoms with van der Waals surface area (Å²) in [4.78, 5) is 13.9. The molecule has 0 aromatic heterocycles. The molecule has 1 atom stereocenters. The van der Waals surface area contributed by atoms with E-state index in [0.717, 1.165) is 25.9 Å². The molecule has 0 spiro atoms. The Hall–Kier alpha value is -2.09. The van der Waals surface area contributed by atoms with Crippen molar-refractivity contribution in [2.45, 2.75) is 64.7 Å². The smallest absolute Gasteiger partial charge is 0.222 e. The molecular weight excluding hydrogens is 342 g/mol. The van der Waals surface area contributed by atoms with Crippen molar-refractivity contribution in [2.24, 2.45) is 5.92 Å². The highest BCUT2D eigenvalue weighted by molar-refractivity contribution is 5.75. The summed E-state index contributed by atoms with van der Waals surface area (Å²) in [7, 11) is 0. The number of carbonyl (C=O) groups is 1. The van der Waals surface area contributed by atoms with Gasteiger partial charge in [-0.25, -0.2) is 0 Å². The molecule has 1 fully saturated rings. The van der Waals surface area contributed by atoms with Crippen LogP contribution in [0.5, 0.6) is 0 Å². The van der Waals surface area contributed by atoms with Gasteiger partial charge >= 0.3 is 0 Å². The predicted molar refractivity (Wildman–Crippen MR) is 117 cm³/mol. The molecule has 2 aliphatic rings. The molecule has 0 N–H and O–H groups in total. The van der Waals surface area contributed by atoms with Gasteiger partial charge in [-0.2, -0.15) is 0 Å². The zero-order chi connectivity index (χ0) is 19.5. The van der Waals surface area contributed by atoms with Crippen molar-refractivity contribution in [3.05, 3.63) is 59.2 Å². The Morgan fingerprint density at radius 2 is 1.61 bits per heavy atom. The second-order valence-corrected chi connectivity index (χ2v) is 8.67. The maximum absolute atomic E-state index is 11.9. The van der Waals surface area contributed by atoms with Gasteiger partial charge in [-0.1, -0.05) is 56.3 Å². The molecule has 1 aliphatic carbocycles. The van der Waals surface area contributed by atoms with Gasteiger partial charge in [-0.05, 0) is 78.2 Å². The van der Waals surface area contributed by atoms with Crippen molar-refractivity contribution >= 4 is 5.91 Å². The fraction of sp³-hybridized carbons (Fsp3) is 0.500. The number of hydrogen-bond donors (Lipinski definition) is 0. The summed E-state index contributed by atoms with van der Waals surface area (Å²) in [6, 6.07) is 16.3. The molecule has 0 bridgehead atoms. The van der Waals surface area contributed by atoms with Crippen molar-refractivity contribution in [3.8, 4) is 11.1 Å². The Kier molecular flexibility index (Phi) is 5.85. The van der Waals surface area contributed by atoms with Gasteiger partial charge in [0.15, 0.2) is 0 Å². The highest BCUT2D eigenvalue weighted by Gasteiger charge is 2.26. The highest BCUT2D eigenvalue weighted by Crippen LogP contribution is 2.34. The summed E-state index contributed by atoms with van der Waals surface area (Å²) in [6.45, 7) is 6.17. The molecule has 1 saturated heterocycles. The van der Waals surface area contributed by atoms with Crippen LogP contribution in [0.1, 0.15) is 68.6 Å². The van der Waals surface area contributed by atoms with Crippen molar-refractivity contribution in [1.29, 1.82) is 0 Å². The van der Waals surface area contributed by atoms with E-state index >= 15 is 0 Å². The molecule has 0 radical (unpaired) electrons. The number of hydrogen-bond acceptors (Lipinski definition) is 1. The van der Waals surface area contributed by atoms with Crippen LogP contribution in [0.15, 0.2) is 42.5 Å². The number of piperidine rings is 1. The second kappa shape index (κ2) is 8.51. The third-order valence-corrected chi connectivity index (χ3v) is 7.02. The van der Waals surface area contributed by atoms with Crippen molar-refractivity contribution in [2.75, 3.05) is 13.1 Å². The average molecular weight is 376 g/mol. The van der Waals surface area contributed by atoms with E-state index in [1.165, 1.54) is 42.4 Å². The Bertz CT molecular complexity index is 815. The molecule has 1 unspecified atom stereocenters. The SMILES string of the molecule is CCC(=O)N1CCC(C(C)c2ccc(-c3ccc4c(c3)CCCC4)cc2)CC1. The monoisotopic (exact) mass is 375 g/mol. The van der Waals surface area contributed by atoms with Gasteiger partial charge in [-0.15, -0.1) is 0 Å². The quantitative estimate of drug-likeness (QED) is 0.643. The third-order valence-electron chi connectivity index (χ3n) is 7.02. The molecule has 2 aromatic rings. The van der Waals surface area contributed by atoms with Crippen LogP contribution in [0.2, 0.25) is 0 Å². The summed E-state index contributed by atoms with van der Waals surface area (Å²) in [5.41, 5.74) is 7.21. The Labute approximate surface area is 170 Å². The van der Waals surface area contributed by atoms with Crippen LogP contribution in [0.4, 0.5) is 0 Å². The van der Waals surface area contributed by atoms with Crippen LogP contribution in [-0.4, -0.2) is 23.9 Å². The van der Waals surface area contributed by atoms with Crippen LogP contribution in [-0.2, 0) is 17.6 Å².